The van der Waals surface area contributed by atoms with Crippen molar-refractivity contribution in [3.63, 3.8) is 0 Å². The third kappa shape index (κ3) is 4.40. The number of carbonyl (C=O) groups is 1. The zero-order valence-electron chi connectivity index (χ0n) is 10.6. The van der Waals surface area contributed by atoms with E-state index >= 15 is 0 Å². The molecule has 21 heavy (non-hydrogen) atoms. The zero-order valence-corrected chi connectivity index (χ0v) is 12.2. The number of aromatic nitrogens is 1. The van der Waals surface area contributed by atoms with Crippen molar-refractivity contribution in [2.45, 2.75) is 5.88 Å². The maximum atomic E-state index is 11.6. The number of benzene rings is 1. The molecule has 0 aliphatic heterocycles. The zero-order chi connectivity index (χ0) is 15.2. The molecule has 0 spiro atoms. The first-order chi connectivity index (χ1) is 10.1. The Morgan fingerprint density at radius 1 is 1.43 bits per heavy atom. The van der Waals surface area contributed by atoms with Crippen LogP contribution in [0.5, 0.6) is 5.75 Å². The second-order valence-electron chi connectivity index (χ2n) is 3.87. The number of nitro benzene ring substituents is 1. The Bertz CT molecular complexity index is 644. The highest BCUT2D eigenvalue weighted by Crippen LogP contribution is 2.18. The largest absolute Gasteiger partial charge is 0.484 e. The second-order valence-corrected chi connectivity index (χ2v) is 4.99. The summed E-state index contributed by atoms with van der Waals surface area (Å²) in [6.07, 6.45) is 0. The van der Waals surface area contributed by atoms with Gasteiger partial charge >= 0.3 is 0 Å². The summed E-state index contributed by atoms with van der Waals surface area (Å²) in [4.78, 5) is 25.7. The molecule has 110 valence electrons. The van der Waals surface area contributed by atoms with Crippen molar-refractivity contribution >= 4 is 39.7 Å². The lowest BCUT2D eigenvalue weighted by Gasteiger charge is -2.05. The van der Waals surface area contributed by atoms with E-state index in [1.54, 1.807) is 5.38 Å². The van der Waals surface area contributed by atoms with Gasteiger partial charge in [-0.05, 0) is 12.1 Å². The fourth-order valence-corrected chi connectivity index (χ4v) is 2.35. The van der Waals surface area contributed by atoms with Gasteiger partial charge in [-0.1, -0.05) is 0 Å². The Morgan fingerprint density at radius 2 is 2.14 bits per heavy atom. The number of alkyl halides is 1. The van der Waals surface area contributed by atoms with E-state index in [2.05, 4.69) is 10.3 Å². The SMILES string of the molecule is O=C(COc1ccc([N+](=O)[O-])cc1)Nc1nc(CCl)cs1. The van der Waals surface area contributed by atoms with Gasteiger partial charge in [0.2, 0.25) is 0 Å². The standard InChI is InChI=1S/C12H10ClN3O4S/c13-5-8-7-21-12(14-8)15-11(17)6-20-10-3-1-9(2-4-10)16(18)19/h1-4,7H,5-6H2,(H,14,15,17). The molecule has 0 atom stereocenters. The van der Waals surface area contributed by atoms with Crippen LogP contribution in [-0.2, 0) is 10.7 Å². The van der Waals surface area contributed by atoms with E-state index in [4.69, 9.17) is 16.3 Å². The monoisotopic (exact) mass is 327 g/mol. The molecule has 7 nitrogen and oxygen atoms in total. The molecule has 1 aromatic carbocycles. The van der Waals surface area contributed by atoms with Crippen molar-refractivity contribution < 1.29 is 14.5 Å². The van der Waals surface area contributed by atoms with E-state index in [1.165, 1.54) is 35.6 Å². The van der Waals surface area contributed by atoms with Crippen LogP contribution in [-0.4, -0.2) is 22.4 Å². The van der Waals surface area contributed by atoms with Crippen LogP contribution in [0.1, 0.15) is 5.69 Å². The normalized spacial score (nSPS) is 10.1. The maximum absolute atomic E-state index is 11.6. The van der Waals surface area contributed by atoms with Gasteiger partial charge in [-0.2, -0.15) is 0 Å². The van der Waals surface area contributed by atoms with E-state index in [0.717, 1.165) is 0 Å². The second kappa shape index (κ2) is 7.00. The fourth-order valence-electron chi connectivity index (χ4n) is 1.39. The molecule has 1 amide bonds. The van der Waals surface area contributed by atoms with Gasteiger partial charge in [0.15, 0.2) is 11.7 Å². The molecule has 1 aromatic heterocycles. The van der Waals surface area contributed by atoms with Crippen LogP contribution < -0.4 is 10.1 Å². The van der Waals surface area contributed by atoms with Crippen molar-refractivity contribution in [3.05, 3.63) is 45.5 Å². The van der Waals surface area contributed by atoms with Crippen LogP contribution in [0, 0.1) is 10.1 Å². The Morgan fingerprint density at radius 3 is 2.71 bits per heavy atom. The summed E-state index contributed by atoms with van der Waals surface area (Å²) in [6, 6.07) is 5.47. The molecule has 1 N–H and O–H groups in total. The first-order valence-corrected chi connectivity index (χ1v) is 7.17. The van der Waals surface area contributed by atoms with E-state index < -0.39 is 4.92 Å². The first kappa shape index (κ1) is 15.2. The number of ether oxygens (including phenoxy) is 1. The smallest absolute Gasteiger partial charge is 0.269 e. The third-order valence-corrected chi connectivity index (χ3v) is 3.43. The highest BCUT2D eigenvalue weighted by molar-refractivity contribution is 7.13. The number of non-ortho nitro benzene ring substituents is 1. The number of anilines is 1. The van der Waals surface area contributed by atoms with Crippen LogP contribution in [0.15, 0.2) is 29.6 Å². The van der Waals surface area contributed by atoms with Gasteiger partial charge in [0, 0.05) is 17.5 Å². The van der Waals surface area contributed by atoms with Crippen molar-refractivity contribution in [2.24, 2.45) is 0 Å². The number of thiazole rings is 1. The van der Waals surface area contributed by atoms with Crippen LogP contribution in [0.2, 0.25) is 0 Å². The number of nitrogens with one attached hydrogen (secondary N) is 1. The highest BCUT2D eigenvalue weighted by Gasteiger charge is 2.08. The summed E-state index contributed by atoms with van der Waals surface area (Å²) >= 11 is 6.88. The lowest BCUT2D eigenvalue weighted by atomic mass is 10.3. The van der Waals surface area contributed by atoms with Crippen molar-refractivity contribution in [3.8, 4) is 5.75 Å². The van der Waals surface area contributed by atoms with E-state index in [1.807, 2.05) is 0 Å². The van der Waals surface area contributed by atoms with E-state index in [-0.39, 0.29) is 24.1 Å². The van der Waals surface area contributed by atoms with Crippen molar-refractivity contribution in [2.75, 3.05) is 11.9 Å². The molecule has 2 aromatic rings. The van der Waals surface area contributed by atoms with Gasteiger partial charge in [-0.15, -0.1) is 22.9 Å². The number of rotatable bonds is 6. The number of halogens is 1. The van der Waals surface area contributed by atoms with Crippen LogP contribution in [0.4, 0.5) is 10.8 Å². The molecule has 0 unspecified atom stereocenters. The molecule has 0 fully saturated rings. The van der Waals surface area contributed by atoms with E-state index in [9.17, 15) is 14.9 Å². The minimum atomic E-state index is -0.507. The molecular weight excluding hydrogens is 318 g/mol. The summed E-state index contributed by atoms with van der Waals surface area (Å²) in [5.74, 6) is 0.284. The molecule has 0 saturated carbocycles. The number of amides is 1. The van der Waals surface area contributed by atoms with Gasteiger partial charge in [0.05, 0.1) is 16.5 Å². The van der Waals surface area contributed by atoms with Gasteiger partial charge in [-0.3, -0.25) is 20.2 Å². The summed E-state index contributed by atoms with van der Waals surface area (Å²) < 4.78 is 5.22. The molecule has 2 rings (SSSR count). The molecule has 1 heterocycles. The summed E-state index contributed by atoms with van der Waals surface area (Å²) in [7, 11) is 0. The highest BCUT2D eigenvalue weighted by atomic mass is 35.5. The van der Waals surface area contributed by atoms with Gasteiger partial charge in [0.1, 0.15) is 5.75 Å². The lowest BCUT2D eigenvalue weighted by molar-refractivity contribution is -0.384. The summed E-state index contributed by atoms with van der Waals surface area (Å²) in [6.45, 7) is -0.215. The number of hydrogen-bond acceptors (Lipinski definition) is 6. The van der Waals surface area contributed by atoms with Gasteiger partial charge in [-0.25, -0.2) is 4.98 Å². The molecule has 9 heteroatoms. The van der Waals surface area contributed by atoms with Crippen LogP contribution >= 0.6 is 22.9 Å². The number of carbonyl (C=O) groups excluding carboxylic acids is 1. The Labute approximate surface area is 128 Å². The summed E-state index contributed by atoms with van der Waals surface area (Å²) in [5.41, 5.74) is 0.649. The minimum absolute atomic E-state index is 0.0387. The Hall–Kier alpha value is -2.19. The lowest BCUT2D eigenvalue weighted by Crippen LogP contribution is -2.20. The third-order valence-electron chi connectivity index (χ3n) is 2.35. The average molecular weight is 328 g/mol. The van der Waals surface area contributed by atoms with Crippen LogP contribution in [0.25, 0.3) is 0 Å². The number of nitrogens with zero attached hydrogens (tertiary/aromatic N) is 2. The number of hydrogen-bond donors (Lipinski definition) is 1. The van der Waals surface area contributed by atoms with Gasteiger partial charge in [0.25, 0.3) is 11.6 Å². The predicted octanol–water partition coefficient (Wildman–Crippen LogP) is 2.81. The quantitative estimate of drug-likeness (QED) is 0.500. The Balaban J connectivity index is 1.84. The maximum Gasteiger partial charge on any atom is 0.269 e. The number of nitro groups is 1. The molecule has 0 radical (unpaired) electrons. The fraction of sp³-hybridized carbons (Fsp3) is 0.167. The van der Waals surface area contributed by atoms with Crippen molar-refractivity contribution in [1.29, 1.82) is 0 Å². The molecule has 0 aliphatic rings. The van der Waals surface area contributed by atoms with Gasteiger partial charge < -0.3 is 4.74 Å². The van der Waals surface area contributed by atoms with Crippen LogP contribution in [0.3, 0.4) is 0 Å². The summed E-state index contributed by atoms with van der Waals surface area (Å²) in [5, 5.41) is 15.3. The topological polar surface area (TPSA) is 94.4 Å². The molecule has 0 aliphatic carbocycles. The van der Waals surface area contributed by atoms with E-state index in [0.29, 0.717) is 16.6 Å². The Kier molecular flexibility index (Phi) is 5.07. The molecule has 0 saturated heterocycles. The predicted molar refractivity (Wildman–Crippen MR) is 78.9 cm³/mol. The van der Waals surface area contributed by atoms with Crippen molar-refractivity contribution in [1.82, 2.24) is 4.98 Å². The molecular formula is C12H10ClN3O4S. The minimum Gasteiger partial charge on any atom is -0.484 e. The first-order valence-electron chi connectivity index (χ1n) is 5.76. The molecule has 0 bridgehead atoms. The average Bonchev–Trinajstić information content (AvgIpc) is 2.93.